The molecule has 202 valence electrons. The first-order valence-electron chi connectivity index (χ1n) is 14.6. The molecular formula is C32H50O4. The first-order chi connectivity index (χ1) is 16.5. The minimum atomic E-state index is -0.574. The standard InChI is InChI=1S/C32H50O4/c1-20(33)36-25-12-13-29(6)23(28(25,4)5)11-14-31(8)24(29)10-9-21-22-19-27(2,3)15-17-32(22,26(34)35)18-16-30(21,31)7/h9,22-25H,10-19H2,1-8H3,(H,34,35)/t22-,23-,24-,25-,29-,30-,31+,32-/m0/s1. The van der Waals surface area contributed by atoms with E-state index in [4.69, 9.17) is 4.74 Å². The Bertz CT molecular complexity index is 992. The van der Waals surface area contributed by atoms with Crippen LogP contribution in [0.3, 0.4) is 0 Å². The van der Waals surface area contributed by atoms with Gasteiger partial charge in [-0.25, -0.2) is 0 Å². The molecule has 0 spiro atoms. The van der Waals surface area contributed by atoms with Crippen molar-refractivity contribution in [3.05, 3.63) is 11.6 Å². The number of carbonyl (C=O) groups excluding carboxylic acids is 1. The van der Waals surface area contributed by atoms with Gasteiger partial charge >= 0.3 is 11.9 Å². The summed E-state index contributed by atoms with van der Waals surface area (Å²) in [5.74, 6) is 0.546. The summed E-state index contributed by atoms with van der Waals surface area (Å²) in [7, 11) is 0. The Morgan fingerprint density at radius 3 is 2.19 bits per heavy atom. The van der Waals surface area contributed by atoms with E-state index in [1.807, 2.05) is 0 Å². The number of allylic oxidation sites excluding steroid dienone is 2. The van der Waals surface area contributed by atoms with Crippen molar-refractivity contribution in [3.63, 3.8) is 0 Å². The molecule has 0 radical (unpaired) electrons. The Balaban J connectivity index is 1.55. The second-order valence-corrected chi connectivity index (χ2v) is 15.6. The molecular weight excluding hydrogens is 448 g/mol. The van der Waals surface area contributed by atoms with E-state index >= 15 is 0 Å². The van der Waals surface area contributed by atoms with E-state index in [-0.39, 0.29) is 45.1 Å². The zero-order valence-electron chi connectivity index (χ0n) is 24.1. The molecule has 0 unspecified atom stereocenters. The molecule has 5 rings (SSSR count). The molecule has 1 N–H and O–H groups in total. The summed E-state index contributed by atoms with van der Waals surface area (Å²) in [4.78, 5) is 24.7. The van der Waals surface area contributed by atoms with Crippen LogP contribution in [-0.2, 0) is 14.3 Å². The summed E-state index contributed by atoms with van der Waals surface area (Å²) in [5, 5.41) is 10.5. The Morgan fingerprint density at radius 1 is 0.889 bits per heavy atom. The van der Waals surface area contributed by atoms with Crippen molar-refractivity contribution in [1.82, 2.24) is 0 Å². The highest BCUT2D eigenvalue weighted by Gasteiger charge is 2.69. The van der Waals surface area contributed by atoms with E-state index in [1.54, 1.807) is 6.92 Å². The SMILES string of the molecule is CC(=O)O[C@H]1CC[C@@]2(C)[C@@H](CC[C@]3(C)[C@H]2CC=C2[C@@H]4CC(C)(C)CC[C@]4(C(=O)O)CC[C@@]23C)C1(C)C. The van der Waals surface area contributed by atoms with Crippen LogP contribution in [0.1, 0.15) is 120 Å². The molecule has 5 aliphatic carbocycles. The van der Waals surface area contributed by atoms with E-state index in [0.717, 1.165) is 57.8 Å². The van der Waals surface area contributed by atoms with Crippen LogP contribution in [0.4, 0.5) is 0 Å². The third-order valence-corrected chi connectivity index (χ3v) is 13.3. The van der Waals surface area contributed by atoms with E-state index in [1.165, 1.54) is 12.0 Å². The lowest BCUT2D eigenvalue weighted by Gasteiger charge is -2.71. The average molecular weight is 499 g/mol. The van der Waals surface area contributed by atoms with Crippen LogP contribution >= 0.6 is 0 Å². The number of ether oxygens (including phenoxy) is 1. The van der Waals surface area contributed by atoms with Crippen molar-refractivity contribution >= 4 is 11.9 Å². The first-order valence-corrected chi connectivity index (χ1v) is 14.6. The zero-order chi connectivity index (χ0) is 26.5. The predicted octanol–water partition coefficient (Wildman–Crippen LogP) is 7.80. The van der Waals surface area contributed by atoms with Gasteiger partial charge in [0, 0.05) is 12.3 Å². The fourth-order valence-electron chi connectivity index (χ4n) is 11.0. The highest BCUT2D eigenvalue weighted by molar-refractivity contribution is 5.76. The quantitative estimate of drug-likeness (QED) is 0.311. The molecule has 0 heterocycles. The Kier molecular flexibility index (Phi) is 5.74. The lowest BCUT2D eigenvalue weighted by Crippen LogP contribution is -2.65. The molecule has 0 aromatic heterocycles. The van der Waals surface area contributed by atoms with Gasteiger partial charge in [0.15, 0.2) is 0 Å². The summed E-state index contributed by atoms with van der Waals surface area (Å²) >= 11 is 0. The second-order valence-electron chi connectivity index (χ2n) is 15.6. The van der Waals surface area contributed by atoms with Crippen molar-refractivity contribution in [2.45, 2.75) is 126 Å². The molecule has 0 aromatic carbocycles. The smallest absolute Gasteiger partial charge is 0.310 e. The van der Waals surface area contributed by atoms with Crippen LogP contribution in [0.2, 0.25) is 0 Å². The number of esters is 1. The molecule has 0 aromatic rings. The summed E-state index contributed by atoms with van der Waals surface area (Å²) in [6, 6.07) is 0. The number of fused-ring (bicyclic) bond motifs is 7. The minimum absolute atomic E-state index is 0.00181. The zero-order valence-corrected chi connectivity index (χ0v) is 24.1. The first kappa shape index (κ1) is 26.3. The van der Waals surface area contributed by atoms with Crippen molar-refractivity contribution in [2.24, 2.45) is 50.2 Å². The molecule has 0 amide bonds. The van der Waals surface area contributed by atoms with Gasteiger partial charge in [-0.1, -0.05) is 60.1 Å². The number of hydrogen-bond acceptors (Lipinski definition) is 3. The van der Waals surface area contributed by atoms with Gasteiger partial charge in [-0.2, -0.15) is 0 Å². The van der Waals surface area contributed by atoms with Gasteiger partial charge in [-0.05, 0) is 104 Å². The van der Waals surface area contributed by atoms with Gasteiger partial charge in [-0.15, -0.1) is 0 Å². The summed E-state index contributed by atoms with van der Waals surface area (Å²) < 4.78 is 5.87. The highest BCUT2D eigenvalue weighted by atomic mass is 16.5. The van der Waals surface area contributed by atoms with Gasteiger partial charge < -0.3 is 9.84 Å². The molecule has 0 bridgehead atoms. The maximum Gasteiger partial charge on any atom is 0.310 e. The van der Waals surface area contributed by atoms with Crippen LogP contribution in [-0.4, -0.2) is 23.1 Å². The Labute approximate surface area is 219 Å². The lowest BCUT2D eigenvalue weighted by molar-refractivity contribution is -0.213. The van der Waals surface area contributed by atoms with Gasteiger partial charge in [0.25, 0.3) is 0 Å². The van der Waals surface area contributed by atoms with E-state index in [9.17, 15) is 14.7 Å². The number of hydrogen-bond donors (Lipinski definition) is 1. The normalized spacial score (nSPS) is 48.8. The van der Waals surface area contributed by atoms with Gasteiger partial charge in [0.05, 0.1) is 5.41 Å². The topological polar surface area (TPSA) is 63.6 Å². The third-order valence-electron chi connectivity index (χ3n) is 13.3. The minimum Gasteiger partial charge on any atom is -0.481 e. The summed E-state index contributed by atoms with van der Waals surface area (Å²) in [6.45, 7) is 18.5. The molecule has 4 fully saturated rings. The monoisotopic (exact) mass is 498 g/mol. The maximum absolute atomic E-state index is 12.8. The number of carboxylic acids is 1. The van der Waals surface area contributed by atoms with Crippen molar-refractivity contribution in [3.8, 4) is 0 Å². The van der Waals surface area contributed by atoms with E-state index < -0.39 is 11.4 Å². The van der Waals surface area contributed by atoms with Crippen LogP contribution < -0.4 is 0 Å². The molecule has 4 saturated carbocycles. The molecule has 4 nitrogen and oxygen atoms in total. The highest BCUT2D eigenvalue weighted by Crippen LogP contribution is 2.75. The maximum atomic E-state index is 12.8. The van der Waals surface area contributed by atoms with Crippen LogP contribution in [0, 0.1) is 50.2 Å². The second kappa shape index (κ2) is 7.85. The Morgan fingerprint density at radius 2 is 1.56 bits per heavy atom. The van der Waals surface area contributed by atoms with Crippen LogP contribution in [0.25, 0.3) is 0 Å². The van der Waals surface area contributed by atoms with Crippen molar-refractivity contribution in [2.75, 3.05) is 0 Å². The number of rotatable bonds is 2. The van der Waals surface area contributed by atoms with Crippen molar-refractivity contribution < 1.29 is 19.4 Å². The van der Waals surface area contributed by atoms with Crippen LogP contribution in [0.15, 0.2) is 11.6 Å². The predicted molar refractivity (Wildman–Crippen MR) is 142 cm³/mol. The van der Waals surface area contributed by atoms with Gasteiger partial charge in [0.2, 0.25) is 0 Å². The largest absolute Gasteiger partial charge is 0.481 e. The van der Waals surface area contributed by atoms with E-state index in [0.29, 0.717) is 11.8 Å². The number of aliphatic carboxylic acids is 1. The summed E-state index contributed by atoms with van der Waals surface area (Å²) in [5.41, 5.74) is 1.50. The molecule has 0 aliphatic heterocycles. The summed E-state index contributed by atoms with van der Waals surface area (Å²) in [6.07, 6.45) is 12.6. The number of carboxylic acid groups (broad SMARTS) is 1. The van der Waals surface area contributed by atoms with Gasteiger partial charge in [-0.3, -0.25) is 9.59 Å². The molecule has 36 heavy (non-hydrogen) atoms. The molecule has 4 heteroatoms. The lowest BCUT2D eigenvalue weighted by atomic mass is 9.33. The fraction of sp³-hybridized carbons (Fsp3) is 0.875. The average Bonchev–Trinajstić information content (AvgIpc) is 2.75. The fourth-order valence-corrected chi connectivity index (χ4v) is 11.0. The van der Waals surface area contributed by atoms with E-state index in [2.05, 4.69) is 54.5 Å². The Hall–Kier alpha value is -1.32. The third kappa shape index (κ3) is 3.30. The molecule has 8 atom stereocenters. The molecule has 0 saturated heterocycles. The van der Waals surface area contributed by atoms with Gasteiger partial charge in [0.1, 0.15) is 6.10 Å². The molecule has 5 aliphatic rings. The van der Waals surface area contributed by atoms with Crippen molar-refractivity contribution in [1.29, 1.82) is 0 Å². The van der Waals surface area contributed by atoms with Crippen LogP contribution in [0.5, 0.6) is 0 Å². The number of carbonyl (C=O) groups is 2.